The van der Waals surface area contributed by atoms with Gasteiger partial charge in [0.1, 0.15) is 17.4 Å². The van der Waals surface area contributed by atoms with Crippen molar-refractivity contribution in [2.45, 2.75) is 33.1 Å². The van der Waals surface area contributed by atoms with Gasteiger partial charge in [0.05, 0.1) is 4.47 Å². The maximum Gasteiger partial charge on any atom is 0.143 e. The van der Waals surface area contributed by atoms with Crippen molar-refractivity contribution in [1.29, 1.82) is 0 Å². The Kier molecular flexibility index (Phi) is 5.25. The van der Waals surface area contributed by atoms with Gasteiger partial charge in [0.15, 0.2) is 0 Å². The van der Waals surface area contributed by atoms with E-state index in [1.165, 1.54) is 12.1 Å². The Morgan fingerprint density at radius 1 is 1.41 bits per heavy atom. The molecule has 0 spiro atoms. The van der Waals surface area contributed by atoms with Crippen LogP contribution in [0.25, 0.3) is 0 Å². The zero-order chi connectivity index (χ0) is 13.0. The first kappa shape index (κ1) is 14.3. The summed E-state index contributed by atoms with van der Waals surface area (Å²) in [7, 11) is 0. The maximum atomic E-state index is 13.6. The van der Waals surface area contributed by atoms with Crippen LogP contribution in [0.3, 0.4) is 0 Å². The summed E-state index contributed by atoms with van der Waals surface area (Å²) in [6.45, 7) is 3.77. The van der Waals surface area contributed by atoms with E-state index in [0.717, 1.165) is 12.8 Å². The minimum absolute atomic E-state index is 0.122. The van der Waals surface area contributed by atoms with Crippen LogP contribution in [0.5, 0.6) is 0 Å². The number of benzene rings is 1. The van der Waals surface area contributed by atoms with Crippen molar-refractivity contribution in [3.8, 4) is 0 Å². The van der Waals surface area contributed by atoms with Crippen LogP contribution in [0.2, 0.25) is 0 Å². The molecule has 0 aliphatic heterocycles. The molecule has 0 radical (unpaired) electrons. The van der Waals surface area contributed by atoms with Crippen LogP contribution < -0.4 is 0 Å². The van der Waals surface area contributed by atoms with Gasteiger partial charge >= 0.3 is 0 Å². The molecule has 1 unspecified atom stereocenters. The second-order valence-electron chi connectivity index (χ2n) is 4.15. The lowest BCUT2D eigenvalue weighted by Crippen LogP contribution is -2.15. The van der Waals surface area contributed by atoms with Gasteiger partial charge in [-0.05, 0) is 34.5 Å². The Hall–Kier alpha value is -0.770. The third-order valence-electron chi connectivity index (χ3n) is 2.76. The number of carbonyl (C=O) groups is 1. The second-order valence-corrected chi connectivity index (χ2v) is 5.01. The molecule has 1 aromatic rings. The van der Waals surface area contributed by atoms with Crippen molar-refractivity contribution in [3.05, 3.63) is 33.8 Å². The van der Waals surface area contributed by atoms with Crippen molar-refractivity contribution in [1.82, 2.24) is 0 Å². The molecule has 1 atom stereocenters. The van der Waals surface area contributed by atoms with Crippen LogP contribution in [0, 0.1) is 17.6 Å². The minimum atomic E-state index is -0.679. The average Bonchev–Trinajstić information content (AvgIpc) is 2.29. The fourth-order valence-electron chi connectivity index (χ4n) is 1.67. The van der Waals surface area contributed by atoms with Gasteiger partial charge in [0, 0.05) is 17.9 Å². The van der Waals surface area contributed by atoms with E-state index in [1.54, 1.807) is 6.92 Å². The topological polar surface area (TPSA) is 17.1 Å². The molecule has 4 heteroatoms. The molecule has 0 fully saturated rings. The van der Waals surface area contributed by atoms with E-state index < -0.39 is 11.6 Å². The maximum absolute atomic E-state index is 13.6. The van der Waals surface area contributed by atoms with Gasteiger partial charge in [-0.2, -0.15) is 0 Å². The summed E-state index contributed by atoms with van der Waals surface area (Å²) in [5.74, 6) is -1.62. The van der Waals surface area contributed by atoms with Gasteiger partial charge in [-0.25, -0.2) is 8.78 Å². The van der Waals surface area contributed by atoms with Crippen molar-refractivity contribution < 1.29 is 13.6 Å². The Labute approximate surface area is 108 Å². The van der Waals surface area contributed by atoms with E-state index in [1.807, 2.05) is 6.92 Å². The van der Waals surface area contributed by atoms with Crippen molar-refractivity contribution in [2.75, 3.05) is 0 Å². The molecule has 0 saturated heterocycles. The van der Waals surface area contributed by atoms with Crippen LogP contribution >= 0.6 is 15.9 Å². The number of hydrogen-bond acceptors (Lipinski definition) is 1. The predicted molar refractivity (Wildman–Crippen MR) is 66.8 cm³/mol. The number of halogens is 3. The molecule has 17 heavy (non-hydrogen) atoms. The lowest BCUT2D eigenvalue weighted by molar-refractivity contribution is -0.122. The lowest BCUT2D eigenvalue weighted by Gasteiger charge is -2.10. The first-order chi connectivity index (χ1) is 7.97. The Balaban J connectivity index is 2.88. The number of ketones is 1. The van der Waals surface area contributed by atoms with Gasteiger partial charge in [0.2, 0.25) is 0 Å². The monoisotopic (exact) mass is 304 g/mol. The first-order valence-corrected chi connectivity index (χ1v) is 6.41. The Morgan fingerprint density at radius 2 is 2.06 bits per heavy atom. The third-order valence-corrected chi connectivity index (χ3v) is 3.37. The third kappa shape index (κ3) is 3.60. The second kappa shape index (κ2) is 6.24. The molecule has 0 bridgehead atoms. The molecular weight excluding hydrogens is 290 g/mol. The highest BCUT2D eigenvalue weighted by atomic mass is 79.9. The fraction of sp³-hybridized carbons (Fsp3) is 0.462. The number of hydrogen-bond donors (Lipinski definition) is 0. The average molecular weight is 305 g/mol. The first-order valence-electron chi connectivity index (χ1n) is 5.62. The van der Waals surface area contributed by atoms with Crippen molar-refractivity contribution in [2.24, 2.45) is 5.92 Å². The van der Waals surface area contributed by atoms with Crippen molar-refractivity contribution >= 4 is 21.7 Å². The van der Waals surface area contributed by atoms with E-state index in [9.17, 15) is 13.6 Å². The minimum Gasteiger partial charge on any atom is -0.299 e. The summed E-state index contributed by atoms with van der Waals surface area (Å²) in [5, 5.41) is 0. The molecule has 1 aromatic carbocycles. The van der Waals surface area contributed by atoms with Gasteiger partial charge in [-0.3, -0.25) is 4.79 Å². The van der Waals surface area contributed by atoms with Gasteiger partial charge in [-0.15, -0.1) is 0 Å². The quantitative estimate of drug-likeness (QED) is 0.742. The largest absolute Gasteiger partial charge is 0.299 e. The van der Waals surface area contributed by atoms with Crippen LogP contribution in [0.1, 0.15) is 32.3 Å². The predicted octanol–water partition coefficient (Wildman–Crippen LogP) is 4.28. The molecule has 0 N–H and O–H groups in total. The van der Waals surface area contributed by atoms with E-state index in [4.69, 9.17) is 0 Å². The molecule has 0 saturated carbocycles. The highest BCUT2D eigenvalue weighted by Gasteiger charge is 2.19. The van der Waals surface area contributed by atoms with Gasteiger partial charge in [-0.1, -0.05) is 20.3 Å². The van der Waals surface area contributed by atoms with Crippen LogP contribution in [0.15, 0.2) is 16.6 Å². The van der Waals surface area contributed by atoms with Crippen LogP contribution in [-0.2, 0) is 11.2 Å². The number of rotatable bonds is 5. The molecule has 0 aromatic heterocycles. The standard InChI is InChI=1S/C13H15BrF2O/c1-3-4-8(2)12(17)7-9-11(15)6-5-10(14)13(9)16/h5-6,8H,3-4,7H2,1-2H3. The van der Waals surface area contributed by atoms with Crippen LogP contribution in [0.4, 0.5) is 8.78 Å². The summed E-state index contributed by atoms with van der Waals surface area (Å²) >= 11 is 2.98. The van der Waals surface area contributed by atoms with Crippen molar-refractivity contribution in [3.63, 3.8) is 0 Å². The number of carbonyl (C=O) groups excluding carboxylic acids is 1. The smallest absolute Gasteiger partial charge is 0.143 e. The molecule has 0 aliphatic rings. The fourth-order valence-corrected chi connectivity index (χ4v) is 2.05. The molecule has 1 nitrogen and oxygen atoms in total. The van der Waals surface area contributed by atoms with E-state index in [-0.39, 0.29) is 28.2 Å². The van der Waals surface area contributed by atoms with E-state index >= 15 is 0 Å². The highest BCUT2D eigenvalue weighted by Crippen LogP contribution is 2.23. The highest BCUT2D eigenvalue weighted by molar-refractivity contribution is 9.10. The Morgan fingerprint density at radius 3 is 2.65 bits per heavy atom. The Bertz CT molecular complexity index is 418. The van der Waals surface area contributed by atoms with Gasteiger partial charge < -0.3 is 0 Å². The summed E-state index contributed by atoms with van der Waals surface area (Å²) < 4.78 is 27.2. The SMILES string of the molecule is CCCC(C)C(=O)Cc1c(F)ccc(Br)c1F. The summed E-state index contributed by atoms with van der Waals surface area (Å²) in [4.78, 5) is 11.8. The number of Topliss-reactive ketones (excluding diaryl/α,β-unsaturated/α-hetero) is 1. The van der Waals surface area contributed by atoms with E-state index in [0.29, 0.717) is 0 Å². The molecule has 94 valence electrons. The summed E-state index contributed by atoms with van der Waals surface area (Å²) in [5.41, 5.74) is -0.146. The summed E-state index contributed by atoms with van der Waals surface area (Å²) in [6.07, 6.45) is 1.45. The molecule has 0 amide bonds. The molecule has 0 heterocycles. The lowest BCUT2D eigenvalue weighted by atomic mass is 9.95. The van der Waals surface area contributed by atoms with E-state index in [2.05, 4.69) is 15.9 Å². The normalized spacial score (nSPS) is 12.5. The zero-order valence-corrected chi connectivity index (χ0v) is 11.5. The summed E-state index contributed by atoms with van der Waals surface area (Å²) in [6, 6.07) is 2.47. The molecule has 1 rings (SSSR count). The van der Waals surface area contributed by atoms with Gasteiger partial charge in [0.25, 0.3) is 0 Å². The zero-order valence-electron chi connectivity index (χ0n) is 9.90. The molecular formula is C13H15BrF2O. The van der Waals surface area contributed by atoms with Crippen LogP contribution in [-0.4, -0.2) is 5.78 Å². The molecule has 0 aliphatic carbocycles.